The Hall–Kier alpha value is -2.37. The molecule has 0 spiro atoms. The van der Waals surface area contributed by atoms with Crippen LogP contribution in [0.1, 0.15) is 42.1 Å². The molecule has 2 aromatic carbocycles. The van der Waals surface area contributed by atoms with Crippen molar-refractivity contribution in [1.29, 1.82) is 0 Å². The third-order valence-corrected chi connectivity index (χ3v) is 5.37. The molecule has 29 heavy (non-hydrogen) atoms. The van der Waals surface area contributed by atoms with Crippen LogP contribution in [0, 0.1) is 5.92 Å². The average Bonchev–Trinajstić information content (AvgIpc) is 2.72. The van der Waals surface area contributed by atoms with Crippen LogP contribution < -0.4 is 10.6 Å². The third kappa shape index (κ3) is 6.05. The van der Waals surface area contributed by atoms with Crippen molar-refractivity contribution < 1.29 is 9.59 Å². The molecule has 0 aromatic heterocycles. The SMILES string of the molecule is CCCNC(=O)c1ccccc1NC(=O)C1CCCN(Cc2cccc(Cl)c2)C1. The van der Waals surface area contributed by atoms with Crippen molar-refractivity contribution in [3.8, 4) is 0 Å². The van der Waals surface area contributed by atoms with E-state index < -0.39 is 0 Å². The first-order valence-corrected chi connectivity index (χ1v) is 10.6. The monoisotopic (exact) mass is 413 g/mol. The van der Waals surface area contributed by atoms with Crippen molar-refractivity contribution in [2.75, 3.05) is 25.0 Å². The van der Waals surface area contributed by atoms with Gasteiger partial charge in [-0.1, -0.05) is 42.8 Å². The van der Waals surface area contributed by atoms with Crippen molar-refractivity contribution in [1.82, 2.24) is 10.2 Å². The van der Waals surface area contributed by atoms with Crippen molar-refractivity contribution in [2.45, 2.75) is 32.7 Å². The summed E-state index contributed by atoms with van der Waals surface area (Å²) in [5.41, 5.74) is 2.22. The van der Waals surface area contributed by atoms with Gasteiger partial charge in [-0.2, -0.15) is 0 Å². The molecule has 2 aromatic rings. The van der Waals surface area contributed by atoms with Crippen molar-refractivity contribution in [3.05, 3.63) is 64.7 Å². The van der Waals surface area contributed by atoms with E-state index in [2.05, 4.69) is 21.6 Å². The molecular weight excluding hydrogens is 386 g/mol. The molecule has 1 heterocycles. The van der Waals surface area contributed by atoms with Gasteiger partial charge >= 0.3 is 0 Å². The van der Waals surface area contributed by atoms with Crippen molar-refractivity contribution in [3.63, 3.8) is 0 Å². The van der Waals surface area contributed by atoms with Crippen molar-refractivity contribution >= 4 is 29.1 Å². The number of hydrogen-bond donors (Lipinski definition) is 2. The second kappa shape index (κ2) is 10.4. The van der Waals surface area contributed by atoms with Gasteiger partial charge in [-0.05, 0) is 55.6 Å². The van der Waals surface area contributed by atoms with Crippen LogP contribution in [0.25, 0.3) is 0 Å². The second-order valence-corrected chi connectivity index (χ2v) is 7.93. The quantitative estimate of drug-likeness (QED) is 0.710. The fourth-order valence-electron chi connectivity index (χ4n) is 3.67. The molecule has 5 nitrogen and oxygen atoms in total. The predicted molar refractivity (Wildman–Crippen MR) is 117 cm³/mol. The zero-order valence-electron chi connectivity index (χ0n) is 16.8. The average molecular weight is 414 g/mol. The fourth-order valence-corrected chi connectivity index (χ4v) is 3.88. The molecule has 0 aliphatic carbocycles. The number of benzene rings is 2. The lowest BCUT2D eigenvalue weighted by Crippen LogP contribution is -2.40. The maximum atomic E-state index is 12.9. The minimum atomic E-state index is -0.158. The van der Waals surface area contributed by atoms with Gasteiger partial charge in [-0.15, -0.1) is 0 Å². The van der Waals surface area contributed by atoms with E-state index in [0.29, 0.717) is 24.3 Å². The number of piperidine rings is 1. The molecule has 1 atom stereocenters. The lowest BCUT2D eigenvalue weighted by atomic mass is 9.96. The van der Waals surface area contributed by atoms with Gasteiger partial charge in [0, 0.05) is 24.7 Å². The smallest absolute Gasteiger partial charge is 0.253 e. The standard InChI is InChI=1S/C23H28ClN3O2/c1-2-12-25-23(29)20-10-3-4-11-21(20)26-22(28)18-8-6-13-27(16-18)15-17-7-5-9-19(24)14-17/h3-5,7,9-11,14,18H,2,6,8,12-13,15-16H2,1H3,(H,25,29)(H,26,28). The molecule has 2 N–H and O–H groups in total. The summed E-state index contributed by atoms with van der Waals surface area (Å²) in [5.74, 6) is -0.291. The Morgan fingerprint density at radius 2 is 2.00 bits per heavy atom. The molecule has 3 rings (SSSR count). The van der Waals surface area contributed by atoms with Gasteiger partial charge in [0.15, 0.2) is 0 Å². The first kappa shape index (κ1) is 21.3. The number of carbonyl (C=O) groups is 2. The summed E-state index contributed by atoms with van der Waals surface area (Å²) in [4.78, 5) is 27.6. The second-order valence-electron chi connectivity index (χ2n) is 7.49. The number of nitrogens with zero attached hydrogens (tertiary/aromatic N) is 1. The van der Waals surface area contributed by atoms with Gasteiger partial charge < -0.3 is 10.6 Å². The van der Waals surface area contributed by atoms with E-state index in [1.54, 1.807) is 12.1 Å². The summed E-state index contributed by atoms with van der Waals surface area (Å²) in [7, 11) is 0. The van der Waals surface area contributed by atoms with Gasteiger partial charge in [0.1, 0.15) is 0 Å². The van der Waals surface area contributed by atoms with E-state index in [9.17, 15) is 9.59 Å². The minimum absolute atomic E-state index is 0.0310. The highest BCUT2D eigenvalue weighted by molar-refractivity contribution is 6.30. The van der Waals surface area contributed by atoms with Gasteiger partial charge in [0.2, 0.25) is 5.91 Å². The van der Waals surface area contributed by atoms with Crippen LogP contribution in [0.2, 0.25) is 5.02 Å². The molecule has 0 bridgehead atoms. The van der Waals surface area contributed by atoms with Crippen LogP contribution in [0.5, 0.6) is 0 Å². The van der Waals surface area contributed by atoms with E-state index in [0.717, 1.165) is 42.9 Å². The number of likely N-dealkylation sites (tertiary alicyclic amines) is 1. The number of hydrogen-bond acceptors (Lipinski definition) is 3. The fraction of sp³-hybridized carbons (Fsp3) is 0.391. The molecule has 1 saturated heterocycles. The molecule has 1 fully saturated rings. The topological polar surface area (TPSA) is 61.4 Å². The minimum Gasteiger partial charge on any atom is -0.352 e. The van der Waals surface area contributed by atoms with Crippen molar-refractivity contribution in [2.24, 2.45) is 5.92 Å². The third-order valence-electron chi connectivity index (χ3n) is 5.14. The Morgan fingerprint density at radius 3 is 2.79 bits per heavy atom. The molecule has 154 valence electrons. The first-order chi connectivity index (χ1) is 14.1. The number of anilines is 1. The number of nitrogens with one attached hydrogen (secondary N) is 2. The Labute approximate surface area is 177 Å². The normalized spacial score (nSPS) is 17.0. The van der Waals surface area contributed by atoms with E-state index in [1.807, 2.05) is 37.3 Å². The van der Waals surface area contributed by atoms with E-state index in [4.69, 9.17) is 11.6 Å². The lowest BCUT2D eigenvalue weighted by molar-refractivity contribution is -0.121. The molecule has 0 saturated carbocycles. The number of rotatable bonds is 7. The van der Waals surface area contributed by atoms with Gasteiger partial charge in [-0.25, -0.2) is 0 Å². The Bertz CT molecular complexity index is 856. The summed E-state index contributed by atoms with van der Waals surface area (Å²) >= 11 is 6.09. The molecule has 1 aliphatic rings. The largest absolute Gasteiger partial charge is 0.352 e. The van der Waals surface area contributed by atoms with Crippen LogP contribution >= 0.6 is 11.6 Å². The predicted octanol–water partition coefficient (Wildman–Crippen LogP) is 4.33. The van der Waals surface area contributed by atoms with Crippen LogP contribution in [0.4, 0.5) is 5.69 Å². The summed E-state index contributed by atoms with van der Waals surface area (Å²) in [6.07, 6.45) is 2.68. The molecule has 1 aliphatic heterocycles. The molecule has 2 amide bonds. The number of halogens is 1. The highest BCUT2D eigenvalue weighted by Crippen LogP contribution is 2.23. The van der Waals surface area contributed by atoms with Crippen LogP contribution in [0.3, 0.4) is 0 Å². The Morgan fingerprint density at radius 1 is 1.17 bits per heavy atom. The van der Waals surface area contributed by atoms with Crippen LogP contribution in [-0.2, 0) is 11.3 Å². The number of para-hydroxylation sites is 1. The summed E-state index contributed by atoms with van der Waals surface area (Å²) in [6, 6.07) is 15.0. The Balaban J connectivity index is 1.63. The maximum absolute atomic E-state index is 12.9. The number of carbonyl (C=O) groups excluding carboxylic acids is 2. The molecule has 0 radical (unpaired) electrons. The first-order valence-electron chi connectivity index (χ1n) is 10.2. The van der Waals surface area contributed by atoms with E-state index in [1.165, 1.54) is 0 Å². The van der Waals surface area contributed by atoms with E-state index in [-0.39, 0.29) is 17.7 Å². The lowest BCUT2D eigenvalue weighted by Gasteiger charge is -2.32. The Kier molecular flexibility index (Phi) is 7.67. The highest BCUT2D eigenvalue weighted by Gasteiger charge is 2.26. The van der Waals surface area contributed by atoms with Gasteiger partial charge in [-0.3, -0.25) is 14.5 Å². The summed E-state index contributed by atoms with van der Waals surface area (Å²) < 4.78 is 0. The highest BCUT2D eigenvalue weighted by atomic mass is 35.5. The van der Waals surface area contributed by atoms with Crippen LogP contribution in [0.15, 0.2) is 48.5 Å². The zero-order valence-corrected chi connectivity index (χ0v) is 17.5. The molecule has 1 unspecified atom stereocenters. The number of amides is 2. The van der Waals surface area contributed by atoms with Gasteiger partial charge in [0.05, 0.1) is 17.2 Å². The zero-order chi connectivity index (χ0) is 20.6. The summed E-state index contributed by atoms with van der Waals surface area (Å²) in [5, 5.41) is 6.58. The summed E-state index contributed by atoms with van der Waals surface area (Å²) in [6.45, 7) is 5.06. The van der Waals surface area contributed by atoms with Gasteiger partial charge in [0.25, 0.3) is 5.91 Å². The van der Waals surface area contributed by atoms with E-state index >= 15 is 0 Å². The molecule has 6 heteroatoms. The molecular formula is C23H28ClN3O2. The van der Waals surface area contributed by atoms with Crippen LogP contribution in [-0.4, -0.2) is 36.3 Å². The maximum Gasteiger partial charge on any atom is 0.253 e.